The molecule has 1 aromatic heterocycles. The van der Waals surface area contributed by atoms with Crippen LogP contribution >= 0.6 is 0 Å². The average molecular weight is 272 g/mol. The second-order valence-corrected chi connectivity index (χ2v) is 5.59. The van der Waals surface area contributed by atoms with Crippen LogP contribution in [-0.2, 0) is 10.0 Å². The lowest BCUT2D eigenvalue weighted by molar-refractivity contribution is 0.541. The quantitative estimate of drug-likeness (QED) is 0.840. The summed E-state index contributed by atoms with van der Waals surface area (Å²) in [5, 5.41) is 3.79. The van der Waals surface area contributed by atoms with Crippen LogP contribution in [0.2, 0.25) is 0 Å². The van der Waals surface area contributed by atoms with Gasteiger partial charge in [0.1, 0.15) is 16.5 Å². The molecule has 0 unspecified atom stereocenters. The lowest BCUT2D eigenvalue weighted by Crippen LogP contribution is -2.17. The van der Waals surface area contributed by atoms with Crippen molar-refractivity contribution in [3.8, 4) is 0 Å². The van der Waals surface area contributed by atoms with Crippen LogP contribution in [0.25, 0.3) is 0 Å². The molecule has 7 heteroatoms. The molecule has 1 aromatic carbocycles. The third-order valence-corrected chi connectivity index (χ3v) is 4.08. The minimum absolute atomic E-state index is 0.358. The van der Waals surface area contributed by atoms with Crippen molar-refractivity contribution in [3.05, 3.63) is 47.3 Å². The molecule has 0 N–H and O–H groups in total. The van der Waals surface area contributed by atoms with Crippen molar-refractivity contribution in [3.63, 3.8) is 0 Å². The van der Waals surface area contributed by atoms with Crippen molar-refractivity contribution in [2.75, 3.05) is 0 Å². The standard InChI is InChI=1S/C11H10F2N2O2S/c1-7-5-8(2)15(14-7)18(16,17)11-4-3-9(12)6-10(11)13/h3-6H,1-2H3. The van der Waals surface area contributed by atoms with Gasteiger partial charge in [-0.2, -0.15) is 17.6 Å². The molecule has 0 radical (unpaired) electrons. The highest BCUT2D eigenvalue weighted by molar-refractivity contribution is 7.89. The molecule has 1 heterocycles. The zero-order valence-corrected chi connectivity index (χ0v) is 10.5. The zero-order valence-electron chi connectivity index (χ0n) is 9.68. The Morgan fingerprint density at radius 1 is 1.17 bits per heavy atom. The lowest BCUT2D eigenvalue weighted by atomic mass is 10.3. The van der Waals surface area contributed by atoms with Gasteiger partial charge in [0.15, 0.2) is 0 Å². The summed E-state index contributed by atoms with van der Waals surface area (Å²) in [7, 11) is -4.13. The summed E-state index contributed by atoms with van der Waals surface area (Å²) >= 11 is 0. The summed E-state index contributed by atoms with van der Waals surface area (Å²) in [6.45, 7) is 3.17. The van der Waals surface area contributed by atoms with E-state index in [0.29, 0.717) is 17.5 Å². The Balaban J connectivity index is 2.65. The molecule has 0 fully saturated rings. The van der Waals surface area contributed by atoms with Crippen LogP contribution in [0.3, 0.4) is 0 Å². The predicted molar refractivity (Wildman–Crippen MR) is 60.6 cm³/mol. The Labute approximate surface area is 103 Å². The highest BCUT2D eigenvalue weighted by Gasteiger charge is 2.24. The van der Waals surface area contributed by atoms with E-state index in [1.54, 1.807) is 19.9 Å². The SMILES string of the molecule is Cc1cc(C)n(S(=O)(=O)c2ccc(F)cc2F)n1. The second kappa shape index (κ2) is 4.16. The number of hydrogen-bond acceptors (Lipinski definition) is 3. The molecule has 4 nitrogen and oxygen atoms in total. The molecular formula is C11H10F2N2O2S. The van der Waals surface area contributed by atoms with E-state index in [2.05, 4.69) is 5.10 Å². The van der Waals surface area contributed by atoms with E-state index in [4.69, 9.17) is 0 Å². The van der Waals surface area contributed by atoms with Crippen molar-refractivity contribution in [2.45, 2.75) is 18.7 Å². The van der Waals surface area contributed by atoms with Gasteiger partial charge in [0, 0.05) is 6.07 Å². The van der Waals surface area contributed by atoms with Crippen molar-refractivity contribution in [1.82, 2.24) is 9.19 Å². The molecule has 0 saturated heterocycles. The van der Waals surface area contributed by atoms with Gasteiger partial charge in [0.25, 0.3) is 10.0 Å². The third kappa shape index (κ3) is 2.01. The van der Waals surface area contributed by atoms with Crippen molar-refractivity contribution < 1.29 is 17.2 Å². The van der Waals surface area contributed by atoms with Gasteiger partial charge in [-0.15, -0.1) is 0 Å². The highest BCUT2D eigenvalue weighted by atomic mass is 32.2. The second-order valence-electron chi connectivity index (χ2n) is 3.85. The minimum atomic E-state index is -4.13. The molecule has 18 heavy (non-hydrogen) atoms. The van der Waals surface area contributed by atoms with Gasteiger partial charge < -0.3 is 0 Å². The maximum atomic E-state index is 13.5. The Bertz CT molecular complexity index is 708. The van der Waals surface area contributed by atoms with Crippen LogP contribution < -0.4 is 0 Å². The molecule has 2 rings (SSSR count). The van der Waals surface area contributed by atoms with E-state index in [-0.39, 0.29) is 0 Å². The van der Waals surface area contributed by atoms with Crippen molar-refractivity contribution in [1.29, 1.82) is 0 Å². The van der Waals surface area contributed by atoms with Crippen molar-refractivity contribution >= 4 is 10.0 Å². The molecule has 0 saturated carbocycles. The summed E-state index contributed by atoms with van der Waals surface area (Å²) in [5.74, 6) is -1.97. The van der Waals surface area contributed by atoms with Gasteiger partial charge in [-0.05, 0) is 32.0 Å². The number of aromatic nitrogens is 2. The summed E-state index contributed by atoms with van der Waals surface area (Å²) in [5.41, 5.74) is 0.856. The van der Waals surface area contributed by atoms with Crippen LogP contribution in [0.5, 0.6) is 0 Å². The van der Waals surface area contributed by atoms with E-state index in [0.717, 1.165) is 16.2 Å². The predicted octanol–water partition coefficient (Wildman–Crippen LogP) is 2.02. The Hall–Kier alpha value is -1.76. The zero-order chi connectivity index (χ0) is 13.5. The normalized spacial score (nSPS) is 11.8. The largest absolute Gasteiger partial charge is 0.286 e. The first-order valence-electron chi connectivity index (χ1n) is 5.06. The fraction of sp³-hybridized carbons (Fsp3) is 0.182. The van der Waals surface area contributed by atoms with Crippen LogP contribution in [0.4, 0.5) is 8.78 Å². The van der Waals surface area contributed by atoms with Gasteiger partial charge in [0.05, 0.1) is 11.4 Å². The molecule has 0 aliphatic rings. The summed E-state index contributed by atoms with van der Waals surface area (Å²) < 4.78 is 51.3. The molecule has 0 amide bonds. The fourth-order valence-electron chi connectivity index (χ4n) is 1.63. The van der Waals surface area contributed by atoms with Crippen LogP contribution in [0.1, 0.15) is 11.4 Å². The minimum Gasteiger partial charge on any atom is -0.207 e. The monoisotopic (exact) mass is 272 g/mol. The first-order chi connectivity index (χ1) is 8.32. The molecule has 0 aliphatic heterocycles. The first-order valence-corrected chi connectivity index (χ1v) is 6.50. The third-order valence-electron chi connectivity index (χ3n) is 2.37. The Kier molecular flexibility index (Phi) is 2.94. The number of aryl methyl sites for hydroxylation is 2. The van der Waals surface area contributed by atoms with Gasteiger partial charge in [-0.3, -0.25) is 0 Å². The van der Waals surface area contributed by atoms with Crippen molar-refractivity contribution in [2.24, 2.45) is 0 Å². The molecule has 0 aliphatic carbocycles. The molecule has 0 spiro atoms. The topological polar surface area (TPSA) is 52.0 Å². The number of benzene rings is 1. The highest BCUT2D eigenvalue weighted by Crippen LogP contribution is 2.19. The molecule has 2 aromatic rings. The number of halogens is 2. The van der Waals surface area contributed by atoms with E-state index >= 15 is 0 Å². The van der Waals surface area contributed by atoms with Crippen LogP contribution in [-0.4, -0.2) is 17.6 Å². The van der Waals surface area contributed by atoms with Gasteiger partial charge in [-0.1, -0.05) is 0 Å². The van der Waals surface area contributed by atoms with Gasteiger partial charge in [-0.25, -0.2) is 8.78 Å². The van der Waals surface area contributed by atoms with Crippen LogP contribution in [0.15, 0.2) is 29.2 Å². The molecule has 0 bridgehead atoms. The summed E-state index contributed by atoms with van der Waals surface area (Å²) in [6, 6.07) is 3.86. The Morgan fingerprint density at radius 3 is 2.33 bits per heavy atom. The molecule has 0 atom stereocenters. The number of nitrogens with zero attached hydrogens (tertiary/aromatic N) is 2. The smallest absolute Gasteiger partial charge is 0.207 e. The molecular weight excluding hydrogens is 262 g/mol. The van der Waals surface area contributed by atoms with Gasteiger partial charge in [0.2, 0.25) is 0 Å². The number of rotatable bonds is 2. The maximum Gasteiger partial charge on any atom is 0.286 e. The lowest BCUT2D eigenvalue weighted by Gasteiger charge is -2.07. The molecule has 96 valence electrons. The average Bonchev–Trinajstić information content (AvgIpc) is 2.57. The van der Waals surface area contributed by atoms with Gasteiger partial charge >= 0.3 is 0 Å². The fourth-order valence-corrected chi connectivity index (χ4v) is 3.03. The summed E-state index contributed by atoms with van der Waals surface area (Å²) in [4.78, 5) is -0.602. The van der Waals surface area contributed by atoms with E-state index in [1.165, 1.54) is 0 Å². The van der Waals surface area contributed by atoms with E-state index < -0.39 is 26.6 Å². The number of hydrogen-bond donors (Lipinski definition) is 0. The van der Waals surface area contributed by atoms with E-state index in [9.17, 15) is 17.2 Å². The summed E-state index contributed by atoms with van der Waals surface area (Å²) in [6.07, 6.45) is 0. The Morgan fingerprint density at radius 2 is 1.83 bits per heavy atom. The van der Waals surface area contributed by atoms with E-state index in [1.807, 2.05) is 0 Å². The first kappa shape index (κ1) is 12.7. The van der Waals surface area contributed by atoms with Crippen LogP contribution in [0, 0.1) is 25.5 Å². The maximum absolute atomic E-state index is 13.5.